The molecule has 7 nitrogen and oxygen atoms in total. The average molecular weight is 332 g/mol. The highest BCUT2D eigenvalue weighted by atomic mass is 35.5. The molecule has 0 radical (unpaired) electrons. The van der Waals surface area contributed by atoms with Crippen molar-refractivity contribution in [3.8, 4) is 0 Å². The highest BCUT2D eigenvalue weighted by molar-refractivity contribution is 6.31. The first kappa shape index (κ1) is 15.2. The van der Waals surface area contributed by atoms with Crippen molar-refractivity contribution < 1.29 is 4.92 Å². The fraction of sp³-hybridized carbons (Fsp3) is 0.200. The van der Waals surface area contributed by atoms with Gasteiger partial charge in [-0.2, -0.15) is 0 Å². The lowest BCUT2D eigenvalue weighted by Gasteiger charge is -2.09. The summed E-state index contributed by atoms with van der Waals surface area (Å²) in [5, 5.41) is 15.8. The van der Waals surface area contributed by atoms with Crippen LogP contribution < -0.4 is 5.32 Å². The monoisotopic (exact) mass is 331 g/mol. The normalized spacial score (nSPS) is 10.9. The molecule has 0 fully saturated rings. The minimum Gasteiger partial charge on any atom is -0.381 e. The van der Waals surface area contributed by atoms with E-state index in [4.69, 9.17) is 11.6 Å². The van der Waals surface area contributed by atoms with Crippen molar-refractivity contribution in [1.82, 2.24) is 14.5 Å². The first-order valence-corrected chi connectivity index (χ1v) is 7.39. The summed E-state index contributed by atoms with van der Waals surface area (Å²) >= 11 is 5.97. The van der Waals surface area contributed by atoms with Crippen LogP contribution in [-0.4, -0.2) is 26.0 Å². The van der Waals surface area contributed by atoms with Crippen molar-refractivity contribution in [1.29, 1.82) is 0 Å². The molecule has 0 aliphatic carbocycles. The van der Waals surface area contributed by atoms with Crippen molar-refractivity contribution >= 4 is 34.0 Å². The Labute approximate surface area is 137 Å². The number of nitro groups is 1. The average Bonchev–Trinajstić information content (AvgIpc) is 2.88. The van der Waals surface area contributed by atoms with Crippen molar-refractivity contribution in [2.75, 3.05) is 11.9 Å². The number of hydrogen-bond donors (Lipinski definition) is 1. The maximum Gasteiger partial charge on any atom is 0.342 e. The maximum atomic E-state index is 11.0. The van der Waals surface area contributed by atoms with Crippen LogP contribution in [0.2, 0.25) is 5.02 Å². The van der Waals surface area contributed by atoms with E-state index in [1.807, 2.05) is 18.2 Å². The van der Waals surface area contributed by atoms with Gasteiger partial charge in [0.15, 0.2) is 5.82 Å². The minimum absolute atomic E-state index is 0.00401. The van der Waals surface area contributed by atoms with Gasteiger partial charge in [0, 0.05) is 29.2 Å². The van der Waals surface area contributed by atoms with Crippen LogP contribution in [0.3, 0.4) is 0 Å². The lowest BCUT2D eigenvalue weighted by Crippen LogP contribution is -2.13. The maximum absolute atomic E-state index is 11.0. The SMILES string of the molecule is Cc1ncc([N+](=O)[O-])n1CCNc1ccnc2cc(Cl)ccc12. The number of anilines is 1. The molecule has 118 valence electrons. The molecule has 3 rings (SSSR count). The van der Waals surface area contributed by atoms with Crippen molar-refractivity contribution in [2.24, 2.45) is 0 Å². The van der Waals surface area contributed by atoms with Crippen LogP contribution in [0, 0.1) is 17.0 Å². The van der Waals surface area contributed by atoms with Gasteiger partial charge in [-0.25, -0.2) is 9.55 Å². The number of nitrogens with one attached hydrogen (secondary N) is 1. The molecule has 1 aromatic carbocycles. The zero-order valence-electron chi connectivity index (χ0n) is 12.4. The predicted molar refractivity (Wildman–Crippen MR) is 88.9 cm³/mol. The zero-order chi connectivity index (χ0) is 16.4. The summed E-state index contributed by atoms with van der Waals surface area (Å²) in [6, 6.07) is 7.37. The third-order valence-corrected chi connectivity index (χ3v) is 3.81. The van der Waals surface area contributed by atoms with Crippen LogP contribution in [-0.2, 0) is 6.54 Å². The number of imidazole rings is 1. The molecule has 2 aromatic heterocycles. The molecule has 3 aromatic rings. The molecular weight excluding hydrogens is 318 g/mol. The van der Waals surface area contributed by atoms with E-state index >= 15 is 0 Å². The summed E-state index contributed by atoms with van der Waals surface area (Å²) in [6.07, 6.45) is 2.98. The Hall–Kier alpha value is -2.67. The number of nitrogens with zero attached hydrogens (tertiary/aromatic N) is 4. The Morgan fingerprint density at radius 2 is 2.17 bits per heavy atom. The molecule has 0 saturated carbocycles. The van der Waals surface area contributed by atoms with Gasteiger partial charge in [-0.15, -0.1) is 0 Å². The van der Waals surface area contributed by atoms with E-state index in [1.165, 1.54) is 6.20 Å². The van der Waals surface area contributed by atoms with Gasteiger partial charge in [0.1, 0.15) is 12.7 Å². The van der Waals surface area contributed by atoms with Gasteiger partial charge in [-0.1, -0.05) is 11.6 Å². The molecule has 0 aliphatic rings. The number of halogens is 1. The van der Waals surface area contributed by atoms with Crippen LogP contribution in [0.25, 0.3) is 10.9 Å². The number of aromatic nitrogens is 3. The number of benzene rings is 1. The van der Waals surface area contributed by atoms with Crippen molar-refractivity contribution in [2.45, 2.75) is 13.5 Å². The van der Waals surface area contributed by atoms with Gasteiger partial charge in [-0.05, 0) is 29.2 Å². The predicted octanol–water partition coefficient (Wildman–Crippen LogP) is 3.41. The number of pyridine rings is 1. The fourth-order valence-corrected chi connectivity index (χ4v) is 2.62. The molecule has 0 atom stereocenters. The van der Waals surface area contributed by atoms with Gasteiger partial charge in [0.2, 0.25) is 0 Å². The minimum atomic E-state index is -0.427. The van der Waals surface area contributed by atoms with Gasteiger partial charge in [0.05, 0.1) is 12.1 Å². The van der Waals surface area contributed by atoms with E-state index in [2.05, 4.69) is 15.3 Å². The first-order valence-electron chi connectivity index (χ1n) is 7.01. The molecule has 0 unspecified atom stereocenters. The number of rotatable bonds is 5. The van der Waals surface area contributed by atoms with Crippen LogP contribution in [0.4, 0.5) is 11.5 Å². The Bertz CT molecular complexity index is 877. The van der Waals surface area contributed by atoms with Crippen molar-refractivity contribution in [3.05, 3.63) is 57.6 Å². The molecule has 0 saturated heterocycles. The third kappa shape index (κ3) is 3.09. The second kappa shape index (κ2) is 6.21. The molecule has 23 heavy (non-hydrogen) atoms. The van der Waals surface area contributed by atoms with E-state index in [1.54, 1.807) is 23.8 Å². The van der Waals surface area contributed by atoms with Gasteiger partial charge in [-0.3, -0.25) is 4.98 Å². The summed E-state index contributed by atoms with van der Waals surface area (Å²) in [7, 11) is 0. The van der Waals surface area contributed by atoms with E-state index in [0.717, 1.165) is 16.6 Å². The van der Waals surface area contributed by atoms with Gasteiger partial charge >= 0.3 is 5.82 Å². The molecule has 0 bridgehead atoms. The molecule has 1 N–H and O–H groups in total. The molecule has 2 heterocycles. The van der Waals surface area contributed by atoms with Crippen LogP contribution in [0.15, 0.2) is 36.7 Å². The van der Waals surface area contributed by atoms with E-state index in [0.29, 0.717) is 23.9 Å². The second-order valence-corrected chi connectivity index (χ2v) is 5.46. The van der Waals surface area contributed by atoms with Crippen molar-refractivity contribution in [3.63, 3.8) is 0 Å². The standard InChI is InChI=1S/C15H14ClN5O2/c1-10-19-9-15(21(22)23)20(10)7-6-18-13-4-5-17-14-8-11(16)2-3-12(13)14/h2-5,8-9H,6-7H2,1H3,(H,17,18). The largest absolute Gasteiger partial charge is 0.381 e. The fourth-order valence-electron chi connectivity index (χ4n) is 2.46. The Morgan fingerprint density at radius 1 is 1.35 bits per heavy atom. The smallest absolute Gasteiger partial charge is 0.342 e. The summed E-state index contributed by atoms with van der Waals surface area (Å²) in [5.41, 5.74) is 1.71. The molecule has 0 amide bonds. The Balaban J connectivity index is 1.77. The molecular formula is C15H14ClN5O2. The highest BCUT2D eigenvalue weighted by Gasteiger charge is 2.16. The summed E-state index contributed by atoms with van der Waals surface area (Å²) < 4.78 is 1.58. The Kier molecular flexibility index (Phi) is 4.12. The molecule has 8 heteroatoms. The number of fused-ring (bicyclic) bond motifs is 1. The topological polar surface area (TPSA) is 85.9 Å². The second-order valence-electron chi connectivity index (χ2n) is 5.02. The number of aryl methyl sites for hydroxylation is 1. The van der Waals surface area contributed by atoms with Crippen LogP contribution in [0.5, 0.6) is 0 Å². The van der Waals surface area contributed by atoms with E-state index in [9.17, 15) is 10.1 Å². The molecule has 0 spiro atoms. The number of hydrogen-bond acceptors (Lipinski definition) is 5. The lowest BCUT2D eigenvalue weighted by molar-refractivity contribution is -0.392. The summed E-state index contributed by atoms with van der Waals surface area (Å²) in [5.74, 6) is 0.612. The van der Waals surface area contributed by atoms with E-state index < -0.39 is 4.92 Å². The quantitative estimate of drug-likeness (QED) is 0.572. The highest BCUT2D eigenvalue weighted by Crippen LogP contribution is 2.24. The summed E-state index contributed by atoms with van der Waals surface area (Å²) in [4.78, 5) is 18.8. The summed E-state index contributed by atoms with van der Waals surface area (Å²) in [6.45, 7) is 2.72. The lowest BCUT2D eigenvalue weighted by atomic mass is 10.2. The first-order chi connectivity index (χ1) is 11.1. The van der Waals surface area contributed by atoms with E-state index in [-0.39, 0.29) is 5.82 Å². The van der Waals surface area contributed by atoms with Crippen LogP contribution >= 0.6 is 11.6 Å². The molecule has 0 aliphatic heterocycles. The third-order valence-electron chi connectivity index (χ3n) is 3.58. The van der Waals surface area contributed by atoms with Crippen LogP contribution in [0.1, 0.15) is 5.82 Å². The van der Waals surface area contributed by atoms with Gasteiger partial charge < -0.3 is 15.4 Å². The zero-order valence-corrected chi connectivity index (χ0v) is 13.1. The Morgan fingerprint density at radius 3 is 2.96 bits per heavy atom. The van der Waals surface area contributed by atoms with Gasteiger partial charge in [0.25, 0.3) is 0 Å².